The minimum absolute atomic E-state index is 0.364. The summed E-state index contributed by atoms with van der Waals surface area (Å²) in [6, 6.07) is 0.351. The van der Waals surface area contributed by atoms with E-state index in [-0.39, 0.29) is 6.04 Å². The molecule has 0 saturated carbocycles. The third kappa shape index (κ3) is 2.82. The van der Waals surface area contributed by atoms with Gasteiger partial charge in [-0.25, -0.2) is 21.6 Å². The first-order chi connectivity index (χ1) is 9.34. The summed E-state index contributed by atoms with van der Waals surface area (Å²) in [5, 5.41) is 3.02. The Balaban J connectivity index is 2.39. The highest BCUT2D eigenvalue weighted by atomic mass is 32.2. The van der Waals surface area contributed by atoms with Crippen LogP contribution < -0.4 is 5.32 Å². The summed E-state index contributed by atoms with van der Waals surface area (Å²) in [4.78, 5) is -1.10. The van der Waals surface area contributed by atoms with Gasteiger partial charge in [-0.3, -0.25) is 0 Å². The van der Waals surface area contributed by atoms with Crippen molar-refractivity contribution in [2.75, 3.05) is 20.1 Å². The van der Waals surface area contributed by atoms with E-state index in [2.05, 4.69) is 5.32 Å². The molecule has 1 N–H and O–H groups in total. The Morgan fingerprint density at radius 2 is 1.85 bits per heavy atom. The van der Waals surface area contributed by atoms with E-state index in [9.17, 15) is 21.6 Å². The van der Waals surface area contributed by atoms with E-state index < -0.39 is 32.4 Å². The summed E-state index contributed by atoms with van der Waals surface area (Å²) >= 11 is 0. The van der Waals surface area contributed by atoms with Crippen LogP contribution in [0, 0.1) is 17.5 Å². The molecular weight excluding hydrogens is 293 g/mol. The number of hydrogen-bond acceptors (Lipinski definition) is 3. The highest BCUT2D eigenvalue weighted by molar-refractivity contribution is 7.89. The minimum atomic E-state index is -4.34. The molecule has 1 aromatic carbocycles. The van der Waals surface area contributed by atoms with Crippen molar-refractivity contribution in [1.29, 1.82) is 0 Å². The fraction of sp³-hybridized carbons (Fsp3) is 0.500. The molecule has 1 atom stereocenters. The van der Waals surface area contributed by atoms with E-state index in [1.807, 2.05) is 0 Å². The summed E-state index contributed by atoms with van der Waals surface area (Å²) < 4.78 is 65.6. The number of piperidine rings is 1. The lowest BCUT2D eigenvalue weighted by Crippen LogP contribution is -2.46. The van der Waals surface area contributed by atoms with Crippen LogP contribution in [0.1, 0.15) is 12.8 Å². The number of hydrogen-bond donors (Lipinski definition) is 1. The van der Waals surface area contributed by atoms with Crippen molar-refractivity contribution in [3.05, 3.63) is 29.6 Å². The first-order valence-electron chi connectivity index (χ1n) is 6.17. The van der Waals surface area contributed by atoms with Crippen LogP contribution in [0.5, 0.6) is 0 Å². The van der Waals surface area contributed by atoms with E-state index in [0.29, 0.717) is 25.1 Å². The van der Waals surface area contributed by atoms with Gasteiger partial charge in [0.1, 0.15) is 17.5 Å². The third-order valence-corrected chi connectivity index (χ3v) is 5.35. The maximum absolute atomic E-state index is 13.6. The molecule has 1 aliphatic heterocycles. The Bertz CT molecular complexity index is 578. The van der Waals surface area contributed by atoms with Crippen LogP contribution >= 0.6 is 0 Å². The molecule has 1 heterocycles. The first kappa shape index (κ1) is 15.3. The maximum atomic E-state index is 13.6. The zero-order valence-corrected chi connectivity index (χ0v) is 11.7. The Labute approximate surface area is 115 Å². The summed E-state index contributed by atoms with van der Waals surface area (Å²) in [7, 11) is -3.07. The fourth-order valence-corrected chi connectivity index (χ4v) is 3.73. The van der Waals surface area contributed by atoms with Crippen molar-refractivity contribution in [3.63, 3.8) is 0 Å². The maximum Gasteiger partial charge on any atom is 0.248 e. The molecule has 1 aromatic rings. The highest BCUT2D eigenvalue weighted by Crippen LogP contribution is 2.25. The van der Waals surface area contributed by atoms with Crippen molar-refractivity contribution < 1.29 is 21.6 Å². The standard InChI is InChI=1S/C12H15F3N2O2S/c1-17(9-3-2-4-16-7-9)20(18,19)12-10(14)5-8(13)6-11(12)15/h5-6,9,16H,2-4,7H2,1H3. The van der Waals surface area contributed by atoms with E-state index in [4.69, 9.17) is 0 Å². The number of halogens is 3. The molecule has 4 nitrogen and oxygen atoms in total. The molecule has 1 aliphatic rings. The highest BCUT2D eigenvalue weighted by Gasteiger charge is 2.33. The molecule has 112 valence electrons. The van der Waals surface area contributed by atoms with Gasteiger partial charge in [-0.1, -0.05) is 0 Å². The number of benzene rings is 1. The number of nitrogens with one attached hydrogen (secondary N) is 1. The lowest BCUT2D eigenvalue weighted by molar-refractivity contribution is 0.298. The number of rotatable bonds is 3. The molecule has 0 amide bonds. The number of nitrogens with zero attached hydrogens (tertiary/aromatic N) is 1. The van der Waals surface area contributed by atoms with Gasteiger partial charge in [-0.05, 0) is 19.4 Å². The lowest BCUT2D eigenvalue weighted by atomic mass is 10.1. The Morgan fingerprint density at radius 3 is 2.35 bits per heavy atom. The van der Waals surface area contributed by atoms with Gasteiger partial charge in [-0.2, -0.15) is 4.31 Å². The molecule has 8 heteroatoms. The van der Waals surface area contributed by atoms with Crippen LogP contribution in [-0.2, 0) is 10.0 Å². The van der Waals surface area contributed by atoms with Gasteiger partial charge in [0.15, 0.2) is 4.90 Å². The predicted octanol–water partition coefficient (Wildman–Crippen LogP) is 1.48. The van der Waals surface area contributed by atoms with E-state index in [1.54, 1.807) is 0 Å². The zero-order chi connectivity index (χ0) is 14.9. The van der Waals surface area contributed by atoms with E-state index >= 15 is 0 Å². The average molecular weight is 308 g/mol. The quantitative estimate of drug-likeness (QED) is 0.920. The molecule has 0 aromatic heterocycles. The second-order valence-electron chi connectivity index (χ2n) is 4.72. The van der Waals surface area contributed by atoms with Gasteiger partial charge < -0.3 is 5.32 Å². The van der Waals surface area contributed by atoms with Crippen molar-refractivity contribution in [3.8, 4) is 0 Å². The molecule has 0 spiro atoms. The van der Waals surface area contributed by atoms with Gasteiger partial charge >= 0.3 is 0 Å². The Hall–Kier alpha value is -1.12. The van der Waals surface area contributed by atoms with Gasteiger partial charge in [-0.15, -0.1) is 0 Å². The molecule has 2 rings (SSSR count). The average Bonchev–Trinajstić information content (AvgIpc) is 2.37. The molecule has 0 bridgehead atoms. The topological polar surface area (TPSA) is 49.4 Å². The number of sulfonamides is 1. The fourth-order valence-electron chi connectivity index (χ4n) is 2.26. The molecule has 0 radical (unpaired) electrons. The Kier molecular flexibility index (Phi) is 4.36. The van der Waals surface area contributed by atoms with Crippen molar-refractivity contribution in [2.24, 2.45) is 0 Å². The smallest absolute Gasteiger partial charge is 0.248 e. The monoisotopic (exact) mass is 308 g/mol. The van der Waals surface area contributed by atoms with Crippen LogP contribution in [0.3, 0.4) is 0 Å². The first-order valence-corrected chi connectivity index (χ1v) is 7.61. The molecule has 1 fully saturated rings. The van der Waals surface area contributed by atoms with Crippen molar-refractivity contribution in [1.82, 2.24) is 9.62 Å². The Morgan fingerprint density at radius 1 is 1.25 bits per heavy atom. The van der Waals surface area contributed by atoms with Crippen LogP contribution in [0.15, 0.2) is 17.0 Å². The van der Waals surface area contributed by atoms with Gasteiger partial charge in [0.25, 0.3) is 0 Å². The number of likely N-dealkylation sites (N-methyl/N-ethyl adjacent to an activating group) is 1. The molecule has 1 unspecified atom stereocenters. The molecule has 20 heavy (non-hydrogen) atoms. The van der Waals surface area contributed by atoms with Gasteiger partial charge in [0, 0.05) is 31.8 Å². The van der Waals surface area contributed by atoms with Crippen LogP contribution in [0.25, 0.3) is 0 Å². The predicted molar refractivity (Wildman–Crippen MR) is 67.2 cm³/mol. The van der Waals surface area contributed by atoms with Crippen LogP contribution in [0.4, 0.5) is 13.2 Å². The largest absolute Gasteiger partial charge is 0.315 e. The SMILES string of the molecule is CN(C1CCCNC1)S(=O)(=O)c1c(F)cc(F)cc1F. The minimum Gasteiger partial charge on any atom is -0.315 e. The normalized spacial score (nSPS) is 20.4. The van der Waals surface area contributed by atoms with Crippen molar-refractivity contribution in [2.45, 2.75) is 23.8 Å². The second kappa shape index (κ2) is 5.71. The van der Waals surface area contributed by atoms with Crippen molar-refractivity contribution >= 4 is 10.0 Å². The van der Waals surface area contributed by atoms with Crippen LogP contribution in [0.2, 0.25) is 0 Å². The second-order valence-corrected chi connectivity index (χ2v) is 6.65. The third-order valence-electron chi connectivity index (χ3n) is 3.39. The zero-order valence-electron chi connectivity index (χ0n) is 10.9. The van der Waals surface area contributed by atoms with E-state index in [1.165, 1.54) is 7.05 Å². The lowest BCUT2D eigenvalue weighted by Gasteiger charge is -2.31. The van der Waals surface area contributed by atoms with Gasteiger partial charge in [0.2, 0.25) is 10.0 Å². The van der Waals surface area contributed by atoms with Gasteiger partial charge in [0.05, 0.1) is 0 Å². The van der Waals surface area contributed by atoms with E-state index in [0.717, 1.165) is 17.3 Å². The summed E-state index contributed by atoms with van der Waals surface area (Å²) in [5.74, 6) is -3.99. The molecule has 0 aliphatic carbocycles. The summed E-state index contributed by atoms with van der Waals surface area (Å²) in [6.07, 6.45) is 1.38. The molecule has 1 saturated heterocycles. The summed E-state index contributed by atoms with van der Waals surface area (Å²) in [6.45, 7) is 1.20. The van der Waals surface area contributed by atoms with Crippen LogP contribution in [-0.4, -0.2) is 38.9 Å². The molecular formula is C12H15F3N2O2S. The summed E-state index contributed by atoms with van der Waals surface area (Å²) in [5.41, 5.74) is 0.